The first-order valence-electron chi connectivity index (χ1n) is 3.60. The van der Waals surface area contributed by atoms with Crippen molar-refractivity contribution in [2.24, 2.45) is 0 Å². The fourth-order valence-corrected chi connectivity index (χ4v) is 0.670. The molecule has 0 aliphatic heterocycles. The van der Waals surface area contributed by atoms with Crippen LogP contribution in [0.15, 0.2) is 36.9 Å². The fourth-order valence-electron chi connectivity index (χ4n) is 0.670. The summed E-state index contributed by atoms with van der Waals surface area (Å²) in [7, 11) is 0. The molecule has 0 heterocycles. The van der Waals surface area contributed by atoms with Crippen molar-refractivity contribution in [3.63, 3.8) is 0 Å². The van der Waals surface area contributed by atoms with Crippen LogP contribution in [0.25, 0.3) is 0 Å². The number of nitrogen functional groups attached to an aromatic ring is 1. The lowest BCUT2D eigenvalue weighted by Crippen LogP contribution is -1.82. The van der Waals surface area contributed by atoms with Gasteiger partial charge in [-0.1, -0.05) is 18.2 Å². The summed E-state index contributed by atoms with van der Waals surface area (Å²) < 4.78 is 0. The van der Waals surface area contributed by atoms with Crippen molar-refractivity contribution in [3.8, 4) is 0 Å². The Morgan fingerprint density at radius 3 is 2.27 bits per heavy atom. The van der Waals surface area contributed by atoms with Crippen LogP contribution in [0.4, 0.5) is 5.69 Å². The summed E-state index contributed by atoms with van der Waals surface area (Å²) in [5.74, 6) is 0. The molecule has 0 amide bonds. The van der Waals surface area contributed by atoms with Crippen LogP contribution in [0.3, 0.4) is 0 Å². The average Bonchev–Trinajstić information content (AvgIpc) is 1.88. The minimum Gasteiger partial charge on any atom is -0.399 e. The first-order chi connectivity index (χ1) is 5.20. The summed E-state index contributed by atoms with van der Waals surface area (Å²) in [6.07, 6.45) is 1.75. The van der Waals surface area contributed by atoms with E-state index in [-0.39, 0.29) is 0 Å². The highest BCUT2D eigenvalue weighted by Gasteiger charge is 1.81. The molecule has 11 heavy (non-hydrogen) atoms. The van der Waals surface area contributed by atoms with Crippen molar-refractivity contribution in [3.05, 3.63) is 42.5 Å². The van der Waals surface area contributed by atoms with E-state index in [9.17, 15) is 0 Å². The van der Waals surface area contributed by atoms with E-state index in [1.807, 2.05) is 38.1 Å². The summed E-state index contributed by atoms with van der Waals surface area (Å²) in [5.41, 5.74) is 7.51. The van der Waals surface area contributed by atoms with Gasteiger partial charge in [0.2, 0.25) is 0 Å². The number of rotatable bonds is 0. The van der Waals surface area contributed by atoms with Crippen LogP contribution in [0.5, 0.6) is 0 Å². The molecule has 0 aliphatic carbocycles. The van der Waals surface area contributed by atoms with Crippen LogP contribution < -0.4 is 5.73 Å². The maximum Gasteiger partial charge on any atom is 0.0316 e. The molecule has 0 aromatic heterocycles. The van der Waals surface area contributed by atoms with Crippen LogP contribution in [-0.2, 0) is 0 Å². The van der Waals surface area contributed by atoms with Gasteiger partial charge in [0.15, 0.2) is 0 Å². The van der Waals surface area contributed by atoms with Crippen molar-refractivity contribution in [2.45, 2.75) is 13.8 Å². The van der Waals surface area contributed by atoms with Gasteiger partial charge in [-0.05, 0) is 31.5 Å². The van der Waals surface area contributed by atoms with Gasteiger partial charge in [0.05, 0.1) is 0 Å². The molecule has 0 aliphatic rings. The summed E-state index contributed by atoms with van der Waals surface area (Å²) in [4.78, 5) is 0. The van der Waals surface area contributed by atoms with Crippen LogP contribution in [0.2, 0.25) is 0 Å². The largest absolute Gasteiger partial charge is 0.399 e. The average molecular weight is 149 g/mol. The number of hydrogen-bond acceptors (Lipinski definition) is 1. The maximum absolute atomic E-state index is 5.46. The molecule has 0 atom stereocenters. The molecule has 1 nitrogen and oxygen atoms in total. The van der Waals surface area contributed by atoms with E-state index in [0.29, 0.717) is 0 Å². The number of benzene rings is 1. The van der Waals surface area contributed by atoms with E-state index in [2.05, 4.69) is 6.58 Å². The Balaban J connectivity index is 0.000000292. The Bertz CT molecular complexity index is 199. The molecular weight excluding hydrogens is 134 g/mol. The minimum absolute atomic E-state index is 0.838. The van der Waals surface area contributed by atoms with E-state index in [1.165, 1.54) is 5.56 Å². The molecule has 0 bridgehead atoms. The molecule has 1 rings (SSSR count). The zero-order valence-corrected chi connectivity index (χ0v) is 7.17. The van der Waals surface area contributed by atoms with Crippen LogP contribution in [-0.4, -0.2) is 0 Å². The smallest absolute Gasteiger partial charge is 0.0316 e. The first kappa shape index (κ1) is 9.76. The lowest BCUT2D eigenvalue weighted by molar-refractivity contribution is 1.47. The standard InChI is InChI=1S/C7H9N.C3H6/c1-6-3-2-4-7(8)5-6;1-3-2/h2-5H,8H2,1H3;3H,1H2,2H3. The monoisotopic (exact) mass is 149 g/mol. The third-order valence-electron chi connectivity index (χ3n) is 1.04. The number of anilines is 1. The van der Waals surface area contributed by atoms with Gasteiger partial charge in [0.25, 0.3) is 0 Å². The first-order valence-corrected chi connectivity index (χ1v) is 3.60. The number of hydrogen-bond donors (Lipinski definition) is 1. The van der Waals surface area contributed by atoms with Gasteiger partial charge in [0, 0.05) is 5.69 Å². The van der Waals surface area contributed by atoms with E-state index in [1.54, 1.807) is 6.08 Å². The normalized spacial score (nSPS) is 7.82. The van der Waals surface area contributed by atoms with Gasteiger partial charge in [0.1, 0.15) is 0 Å². The molecule has 0 saturated heterocycles. The molecule has 0 spiro atoms. The Morgan fingerprint density at radius 2 is 2.00 bits per heavy atom. The lowest BCUT2D eigenvalue weighted by Gasteiger charge is -1.91. The van der Waals surface area contributed by atoms with Gasteiger partial charge in [-0.3, -0.25) is 0 Å². The third-order valence-corrected chi connectivity index (χ3v) is 1.04. The van der Waals surface area contributed by atoms with Crippen LogP contribution >= 0.6 is 0 Å². The molecule has 60 valence electrons. The number of allylic oxidation sites excluding steroid dienone is 1. The van der Waals surface area contributed by atoms with Crippen LogP contribution in [0, 0.1) is 6.92 Å². The Kier molecular flexibility index (Phi) is 4.91. The molecule has 0 saturated carbocycles. The summed E-state index contributed by atoms with van der Waals surface area (Å²) >= 11 is 0. The van der Waals surface area contributed by atoms with E-state index in [0.717, 1.165) is 5.69 Å². The Hall–Kier alpha value is -1.24. The van der Waals surface area contributed by atoms with Crippen LogP contribution in [0.1, 0.15) is 12.5 Å². The van der Waals surface area contributed by atoms with Gasteiger partial charge in [-0.15, -0.1) is 6.58 Å². The Morgan fingerprint density at radius 1 is 1.45 bits per heavy atom. The topological polar surface area (TPSA) is 26.0 Å². The molecule has 0 fully saturated rings. The van der Waals surface area contributed by atoms with E-state index >= 15 is 0 Å². The minimum atomic E-state index is 0.838. The van der Waals surface area contributed by atoms with E-state index in [4.69, 9.17) is 5.73 Å². The van der Waals surface area contributed by atoms with Crippen molar-refractivity contribution in [2.75, 3.05) is 5.73 Å². The van der Waals surface area contributed by atoms with Crippen molar-refractivity contribution in [1.82, 2.24) is 0 Å². The summed E-state index contributed by atoms with van der Waals surface area (Å²) in [6.45, 7) is 7.27. The number of aryl methyl sites for hydroxylation is 1. The molecule has 0 unspecified atom stereocenters. The van der Waals surface area contributed by atoms with Crippen molar-refractivity contribution >= 4 is 5.69 Å². The summed E-state index contributed by atoms with van der Waals surface area (Å²) in [5, 5.41) is 0. The van der Waals surface area contributed by atoms with Gasteiger partial charge >= 0.3 is 0 Å². The number of nitrogens with two attached hydrogens (primary N) is 1. The molecule has 1 aromatic rings. The lowest BCUT2D eigenvalue weighted by atomic mass is 10.2. The fraction of sp³-hybridized carbons (Fsp3) is 0.200. The molecular formula is C10H15N. The zero-order chi connectivity index (χ0) is 8.69. The van der Waals surface area contributed by atoms with Gasteiger partial charge < -0.3 is 5.73 Å². The molecule has 1 aromatic carbocycles. The van der Waals surface area contributed by atoms with Crippen molar-refractivity contribution in [1.29, 1.82) is 0 Å². The highest BCUT2D eigenvalue weighted by molar-refractivity contribution is 5.39. The molecule has 1 heteroatoms. The second-order valence-corrected chi connectivity index (χ2v) is 2.32. The van der Waals surface area contributed by atoms with Gasteiger partial charge in [-0.2, -0.15) is 0 Å². The van der Waals surface area contributed by atoms with Gasteiger partial charge in [-0.25, -0.2) is 0 Å². The predicted molar refractivity (Wildman–Crippen MR) is 51.5 cm³/mol. The summed E-state index contributed by atoms with van der Waals surface area (Å²) in [6, 6.07) is 7.80. The highest BCUT2D eigenvalue weighted by Crippen LogP contribution is 2.03. The second kappa shape index (κ2) is 5.54. The third kappa shape index (κ3) is 5.22. The van der Waals surface area contributed by atoms with E-state index < -0.39 is 0 Å². The molecule has 0 radical (unpaired) electrons. The Labute approximate surface area is 68.5 Å². The molecule has 2 N–H and O–H groups in total. The SMILES string of the molecule is C=CC.Cc1cccc(N)c1. The van der Waals surface area contributed by atoms with Crippen molar-refractivity contribution < 1.29 is 0 Å². The highest BCUT2D eigenvalue weighted by atomic mass is 14.5. The maximum atomic E-state index is 5.46. The zero-order valence-electron chi connectivity index (χ0n) is 7.17. The predicted octanol–water partition coefficient (Wildman–Crippen LogP) is 2.77. The second-order valence-electron chi connectivity index (χ2n) is 2.32. The quantitative estimate of drug-likeness (QED) is 0.445.